The maximum atomic E-state index is 11.5. The van der Waals surface area contributed by atoms with Gasteiger partial charge in [0.15, 0.2) is 0 Å². The van der Waals surface area contributed by atoms with Crippen LogP contribution in [0.4, 0.5) is 0 Å². The first-order valence-electron chi connectivity index (χ1n) is 10.5. The molecule has 0 bridgehead atoms. The molecule has 0 saturated carbocycles. The number of rotatable bonds is 7. The fourth-order valence-electron chi connectivity index (χ4n) is 4.22. The molecule has 0 aliphatic carbocycles. The summed E-state index contributed by atoms with van der Waals surface area (Å²) in [7, 11) is 0. The molecule has 0 amide bonds. The molecule has 3 rings (SSSR count). The van der Waals surface area contributed by atoms with Gasteiger partial charge < -0.3 is 14.9 Å². The first-order valence-corrected chi connectivity index (χ1v) is 10.5. The van der Waals surface area contributed by atoms with Crippen LogP contribution in [-0.4, -0.2) is 16.2 Å². The number of unbranched alkanes of at least 4 members (excludes halogenated alkanes) is 3. The van der Waals surface area contributed by atoms with E-state index >= 15 is 0 Å². The van der Waals surface area contributed by atoms with Gasteiger partial charge in [0.05, 0.1) is 11.1 Å². The topological polar surface area (TPSA) is 66.8 Å². The summed E-state index contributed by atoms with van der Waals surface area (Å²) in [5, 5.41) is 20.3. The second-order valence-electron chi connectivity index (χ2n) is 9.24. The summed E-state index contributed by atoms with van der Waals surface area (Å²) in [6.45, 7) is 10.5. The Morgan fingerprint density at radius 2 is 1.83 bits per heavy atom. The minimum absolute atomic E-state index is 0.0864. The number of phenols is 1. The average Bonchev–Trinajstić information content (AvgIpc) is 2.64. The molecule has 29 heavy (non-hydrogen) atoms. The molecule has 0 saturated heterocycles. The minimum atomic E-state index is -0.983. The van der Waals surface area contributed by atoms with Crippen LogP contribution in [0.25, 0.3) is 11.1 Å². The van der Waals surface area contributed by atoms with Gasteiger partial charge in [-0.25, -0.2) is 4.79 Å². The van der Waals surface area contributed by atoms with Gasteiger partial charge in [-0.05, 0) is 61.1 Å². The van der Waals surface area contributed by atoms with E-state index in [9.17, 15) is 15.0 Å². The van der Waals surface area contributed by atoms with Gasteiger partial charge in [-0.2, -0.15) is 0 Å². The predicted octanol–water partition coefficient (Wildman–Crippen LogP) is 6.63. The van der Waals surface area contributed by atoms with E-state index in [1.807, 2.05) is 26.0 Å². The largest absolute Gasteiger partial charge is 0.507 e. The van der Waals surface area contributed by atoms with Crippen LogP contribution in [0.3, 0.4) is 0 Å². The Bertz CT molecular complexity index is 925. The summed E-state index contributed by atoms with van der Waals surface area (Å²) >= 11 is 0. The van der Waals surface area contributed by atoms with E-state index in [1.165, 1.54) is 19.3 Å². The quantitative estimate of drug-likeness (QED) is 0.515. The maximum Gasteiger partial charge on any atom is 0.335 e. The molecule has 1 aliphatic rings. The molecule has 1 aliphatic heterocycles. The molecular weight excluding hydrogens is 364 g/mol. The van der Waals surface area contributed by atoms with Crippen molar-refractivity contribution in [3.8, 4) is 22.6 Å². The number of hydrogen-bond acceptors (Lipinski definition) is 3. The third-order valence-corrected chi connectivity index (χ3v) is 6.07. The number of hydrogen-bond donors (Lipinski definition) is 2. The zero-order chi connectivity index (χ0) is 21.4. The van der Waals surface area contributed by atoms with E-state index in [2.05, 4.69) is 20.8 Å². The number of ether oxygens (including phenoxy) is 1. The summed E-state index contributed by atoms with van der Waals surface area (Å²) in [6, 6.07) is 8.84. The van der Waals surface area contributed by atoms with E-state index in [4.69, 9.17) is 4.74 Å². The first kappa shape index (κ1) is 21.2. The molecule has 0 radical (unpaired) electrons. The molecule has 0 spiro atoms. The number of phenolic OH excluding ortho intramolecular Hbond substituents is 1. The lowest BCUT2D eigenvalue weighted by atomic mass is 9.77. The monoisotopic (exact) mass is 396 g/mol. The van der Waals surface area contributed by atoms with Crippen LogP contribution < -0.4 is 4.74 Å². The van der Waals surface area contributed by atoms with Crippen LogP contribution >= 0.6 is 0 Å². The third-order valence-electron chi connectivity index (χ3n) is 6.07. The van der Waals surface area contributed by atoms with Gasteiger partial charge in [-0.1, -0.05) is 52.5 Å². The van der Waals surface area contributed by atoms with E-state index in [-0.39, 0.29) is 16.7 Å². The van der Waals surface area contributed by atoms with E-state index in [0.717, 1.165) is 29.5 Å². The molecule has 0 aromatic heterocycles. The van der Waals surface area contributed by atoms with Gasteiger partial charge in [0, 0.05) is 5.56 Å². The lowest BCUT2D eigenvalue weighted by Gasteiger charge is -2.36. The number of aromatic hydroxyl groups is 1. The van der Waals surface area contributed by atoms with Crippen LogP contribution in [-0.2, 0) is 11.0 Å². The van der Waals surface area contributed by atoms with Crippen molar-refractivity contribution in [3.05, 3.63) is 47.0 Å². The van der Waals surface area contributed by atoms with Gasteiger partial charge in [-0.3, -0.25) is 0 Å². The Kier molecular flexibility index (Phi) is 5.66. The maximum absolute atomic E-state index is 11.5. The summed E-state index contributed by atoms with van der Waals surface area (Å²) in [5.41, 5.74) is 2.71. The van der Waals surface area contributed by atoms with Crippen LogP contribution in [0, 0.1) is 0 Å². The van der Waals surface area contributed by atoms with Crippen LogP contribution in [0.1, 0.15) is 88.2 Å². The van der Waals surface area contributed by atoms with Crippen LogP contribution in [0.15, 0.2) is 30.3 Å². The lowest BCUT2D eigenvalue weighted by molar-refractivity contribution is 0.0695. The van der Waals surface area contributed by atoms with Gasteiger partial charge in [0.25, 0.3) is 0 Å². The Labute approximate surface area is 173 Å². The normalized spacial score (nSPS) is 14.7. The Morgan fingerprint density at radius 3 is 2.48 bits per heavy atom. The van der Waals surface area contributed by atoms with E-state index < -0.39 is 11.6 Å². The van der Waals surface area contributed by atoms with E-state index in [0.29, 0.717) is 11.3 Å². The second-order valence-corrected chi connectivity index (χ2v) is 9.24. The molecule has 2 N–H and O–H groups in total. The molecular formula is C25H32O4. The van der Waals surface area contributed by atoms with Crippen LogP contribution in [0.5, 0.6) is 11.5 Å². The highest BCUT2D eigenvalue weighted by Gasteiger charge is 2.36. The summed E-state index contributed by atoms with van der Waals surface area (Å²) < 4.78 is 6.30. The number of aromatic carboxylic acids is 1. The predicted molar refractivity (Wildman–Crippen MR) is 116 cm³/mol. The standard InChI is InChI=1S/C25H32O4/c1-6-7-8-9-12-24(2,3)17-14-20(26)22-18-13-16(23(27)28)10-11-19(18)25(4,5)29-21(22)15-17/h10-11,13-15,26H,6-9,12H2,1-5H3,(H,27,28). The fourth-order valence-corrected chi connectivity index (χ4v) is 4.22. The van der Waals surface area contributed by atoms with Gasteiger partial charge >= 0.3 is 5.97 Å². The Balaban J connectivity index is 2.06. The van der Waals surface area contributed by atoms with Crippen molar-refractivity contribution in [3.63, 3.8) is 0 Å². The van der Waals surface area contributed by atoms with Gasteiger partial charge in [0.2, 0.25) is 0 Å². The number of fused-ring (bicyclic) bond motifs is 3. The van der Waals surface area contributed by atoms with Crippen molar-refractivity contribution in [2.45, 2.75) is 77.7 Å². The van der Waals surface area contributed by atoms with Crippen molar-refractivity contribution in [1.82, 2.24) is 0 Å². The molecule has 4 heteroatoms. The fraction of sp³-hybridized carbons (Fsp3) is 0.480. The minimum Gasteiger partial charge on any atom is -0.507 e. The molecule has 1 heterocycles. The molecule has 4 nitrogen and oxygen atoms in total. The van der Waals surface area contributed by atoms with Crippen molar-refractivity contribution in [1.29, 1.82) is 0 Å². The van der Waals surface area contributed by atoms with Crippen LogP contribution in [0.2, 0.25) is 0 Å². The Hall–Kier alpha value is -2.49. The number of benzene rings is 2. The molecule has 0 unspecified atom stereocenters. The SMILES string of the molecule is CCCCCCC(C)(C)c1cc(O)c2c(c1)OC(C)(C)c1ccc(C(=O)O)cc1-2. The van der Waals surface area contributed by atoms with Crippen molar-refractivity contribution in [2.24, 2.45) is 0 Å². The zero-order valence-electron chi connectivity index (χ0n) is 18.1. The highest BCUT2D eigenvalue weighted by atomic mass is 16.5. The van der Waals surface area contributed by atoms with Gasteiger partial charge in [-0.15, -0.1) is 0 Å². The first-order chi connectivity index (χ1) is 13.6. The second kappa shape index (κ2) is 7.74. The summed E-state index contributed by atoms with van der Waals surface area (Å²) in [4.78, 5) is 11.5. The number of carbonyl (C=O) groups is 1. The highest BCUT2D eigenvalue weighted by molar-refractivity contribution is 5.92. The molecule has 156 valence electrons. The van der Waals surface area contributed by atoms with Crippen molar-refractivity contribution in [2.75, 3.05) is 0 Å². The molecule has 0 atom stereocenters. The highest BCUT2D eigenvalue weighted by Crippen LogP contribution is 2.51. The summed E-state index contributed by atoms with van der Waals surface area (Å²) in [6.07, 6.45) is 5.85. The summed E-state index contributed by atoms with van der Waals surface area (Å²) in [5.74, 6) is -0.233. The van der Waals surface area contributed by atoms with E-state index in [1.54, 1.807) is 18.2 Å². The van der Waals surface area contributed by atoms with Gasteiger partial charge in [0.1, 0.15) is 17.1 Å². The Morgan fingerprint density at radius 1 is 1.10 bits per heavy atom. The average molecular weight is 397 g/mol. The van der Waals surface area contributed by atoms with Crippen molar-refractivity contribution >= 4 is 5.97 Å². The molecule has 0 fully saturated rings. The zero-order valence-corrected chi connectivity index (χ0v) is 18.1. The van der Waals surface area contributed by atoms with Crippen molar-refractivity contribution < 1.29 is 19.7 Å². The number of carboxylic acids is 1. The number of carboxylic acid groups (broad SMARTS) is 1. The molecule has 2 aromatic carbocycles. The molecule has 2 aromatic rings. The lowest BCUT2D eigenvalue weighted by Crippen LogP contribution is -2.30. The third kappa shape index (κ3) is 4.12. The smallest absolute Gasteiger partial charge is 0.335 e.